The van der Waals surface area contributed by atoms with Crippen molar-refractivity contribution in [2.45, 2.75) is 32.1 Å². The predicted molar refractivity (Wildman–Crippen MR) is 38.9 cm³/mol. The van der Waals surface area contributed by atoms with Crippen molar-refractivity contribution in [1.29, 1.82) is 0 Å². The van der Waals surface area contributed by atoms with Crippen LogP contribution in [-0.2, 0) is 0 Å². The van der Waals surface area contributed by atoms with E-state index in [9.17, 15) is 0 Å². The van der Waals surface area contributed by atoms with Gasteiger partial charge in [0.05, 0.1) is 0 Å². The third-order valence-electron chi connectivity index (χ3n) is 2.74. The Bertz CT molecular complexity index is 122. The van der Waals surface area contributed by atoms with E-state index < -0.39 is 0 Å². The van der Waals surface area contributed by atoms with Crippen LogP contribution < -0.4 is 0 Å². The molecule has 1 nitrogen and oxygen atoms in total. The zero-order valence-corrected chi connectivity index (χ0v) is 5.77. The lowest BCUT2D eigenvalue weighted by Crippen LogP contribution is -2.15. The Balaban J connectivity index is 2.07. The maximum atomic E-state index is 4.29. The first-order valence-electron chi connectivity index (χ1n) is 3.90. The lowest BCUT2D eigenvalue weighted by Gasteiger charge is -2.19. The monoisotopic (exact) mass is 123 g/mol. The van der Waals surface area contributed by atoms with Gasteiger partial charge < -0.3 is 0 Å². The largest absolute Gasteiger partial charge is 0.297 e. The zero-order valence-electron chi connectivity index (χ0n) is 5.77. The second-order valence-electron chi connectivity index (χ2n) is 3.43. The van der Waals surface area contributed by atoms with Crippen molar-refractivity contribution in [2.24, 2.45) is 10.4 Å². The van der Waals surface area contributed by atoms with E-state index in [0.29, 0.717) is 5.41 Å². The van der Waals surface area contributed by atoms with Gasteiger partial charge in [0.25, 0.3) is 0 Å². The molecule has 0 bridgehead atoms. The average Bonchev–Trinajstić information content (AvgIpc) is 2.45. The summed E-state index contributed by atoms with van der Waals surface area (Å²) in [6.07, 6.45) is 9.16. The quantitative estimate of drug-likeness (QED) is 0.467. The van der Waals surface area contributed by atoms with Crippen LogP contribution in [0.5, 0.6) is 0 Å². The summed E-state index contributed by atoms with van der Waals surface area (Å²) in [7, 11) is 0. The molecule has 1 aliphatic carbocycles. The number of aliphatic imine (C=N–C) groups is 1. The van der Waals surface area contributed by atoms with Gasteiger partial charge >= 0.3 is 0 Å². The lowest BCUT2D eigenvalue weighted by atomic mass is 9.85. The summed E-state index contributed by atoms with van der Waals surface area (Å²) >= 11 is 0. The van der Waals surface area contributed by atoms with Gasteiger partial charge in [-0.1, -0.05) is 12.8 Å². The van der Waals surface area contributed by atoms with E-state index in [1.807, 2.05) is 0 Å². The van der Waals surface area contributed by atoms with E-state index in [-0.39, 0.29) is 0 Å². The summed E-state index contributed by atoms with van der Waals surface area (Å²) in [5.74, 6) is 0. The topological polar surface area (TPSA) is 12.4 Å². The van der Waals surface area contributed by atoms with Gasteiger partial charge in [-0.05, 0) is 30.9 Å². The molecule has 2 rings (SSSR count). The van der Waals surface area contributed by atoms with E-state index in [0.717, 1.165) is 6.54 Å². The fraction of sp³-hybridized carbons (Fsp3) is 0.875. The van der Waals surface area contributed by atoms with Crippen molar-refractivity contribution in [3.05, 3.63) is 0 Å². The third-order valence-corrected chi connectivity index (χ3v) is 2.74. The van der Waals surface area contributed by atoms with E-state index in [4.69, 9.17) is 0 Å². The summed E-state index contributed by atoms with van der Waals surface area (Å²) in [5.41, 5.74) is 0.667. The Hall–Kier alpha value is -0.330. The molecule has 9 heavy (non-hydrogen) atoms. The third kappa shape index (κ3) is 0.790. The van der Waals surface area contributed by atoms with Crippen LogP contribution in [0.3, 0.4) is 0 Å². The Labute approximate surface area is 56.2 Å². The van der Waals surface area contributed by atoms with Crippen molar-refractivity contribution in [3.63, 3.8) is 0 Å². The minimum absolute atomic E-state index is 0.667. The second kappa shape index (κ2) is 1.83. The van der Waals surface area contributed by atoms with Crippen molar-refractivity contribution in [2.75, 3.05) is 6.54 Å². The maximum Gasteiger partial charge on any atom is 0.0445 e. The van der Waals surface area contributed by atoms with Gasteiger partial charge in [0.2, 0.25) is 0 Å². The van der Waals surface area contributed by atoms with Crippen LogP contribution in [0.4, 0.5) is 0 Å². The highest BCUT2D eigenvalue weighted by atomic mass is 14.8. The summed E-state index contributed by atoms with van der Waals surface area (Å²) in [4.78, 5) is 4.29. The molecule has 0 amide bonds. The summed E-state index contributed by atoms with van der Waals surface area (Å²) < 4.78 is 0. The molecule has 0 aromatic carbocycles. The smallest absolute Gasteiger partial charge is 0.0445 e. The zero-order chi connectivity index (χ0) is 6.16. The highest BCUT2D eigenvalue weighted by Gasteiger charge is 2.34. The molecular weight excluding hydrogens is 110 g/mol. The molecule has 0 atom stereocenters. The van der Waals surface area contributed by atoms with Gasteiger partial charge in [-0.3, -0.25) is 4.99 Å². The van der Waals surface area contributed by atoms with Gasteiger partial charge in [-0.15, -0.1) is 0 Å². The SMILES string of the molecule is C1=NCC2(C1)CCCC2. The van der Waals surface area contributed by atoms with E-state index in [1.165, 1.54) is 32.1 Å². The molecule has 1 heteroatoms. The molecule has 2 aliphatic rings. The number of nitrogens with zero attached hydrogens (tertiary/aromatic N) is 1. The Morgan fingerprint density at radius 1 is 1.22 bits per heavy atom. The molecule has 1 saturated carbocycles. The Morgan fingerprint density at radius 3 is 2.56 bits per heavy atom. The fourth-order valence-corrected chi connectivity index (χ4v) is 2.07. The molecular formula is C8H13N. The van der Waals surface area contributed by atoms with Crippen LogP contribution in [-0.4, -0.2) is 12.8 Å². The van der Waals surface area contributed by atoms with Crippen LogP contribution in [0, 0.1) is 5.41 Å². The fourth-order valence-electron chi connectivity index (χ4n) is 2.07. The number of hydrogen-bond acceptors (Lipinski definition) is 1. The van der Waals surface area contributed by atoms with Crippen LogP contribution in [0.1, 0.15) is 32.1 Å². The minimum atomic E-state index is 0.667. The standard InChI is InChI=1S/C8H13N/c1-2-4-8(3-1)5-6-9-7-8/h6H,1-5,7H2. The molecule has 50 valence electrons. The minimum Gasteiger partial charge on any atom is -0.297 e. The van der Waals surface area contributed by atoms with Crippen molar-refractivity contribution in [1.82, 2.24) is 0 Å². The first-order chi connectivity index (χ1) is 4.41. The number of rotatable bonds is 0. The summed E-state index contributed by atoms with van der Waals surface area (Å²) in [5, 5.41) is 0. The van der Waals surface area contributed by atoms with Gasteiger partial charge in [-0.25, -0.2) is 0 Å². The first-order valence-corrected chi connectivity index (χ1v) is 3.90. The molecule has 0 radical (unpaired) electrons. The normalized spacial score (nSPS) is 30.2. The highest BCUT2D eigenvalue weighted by Crippen LogP contribution is 2.42. The van der Waals surface area contributed by atoms with Crippen LogP contribution in [0.2, 0.25) is 0 Å². The van der Waals surface area contributed by atoms with Gasteiger partial charge in [0.15, 0.2) is 0 Å². The van der Waals surface area contributed by atoms with Crippen LogP contribution >= 0.6 is 0 Å². The molecule has 0 aromatic rings. The van der Waals surface area contributed by atoms with Crippen LogP contribution in [0.15, 0.2) is 4.99 Å². The lowest BCUT2D eigenvalue weighted by molar-refractivity contribution is 0.346. The average molecular weight is 123 g/mol. The summed E-state index contributed by atoms with van der Waals surface area (Å²) in [6.45, 7) is 1.13. The molecule has 0 aromatic heterocycles. The Kier molecular flexibility index (Phi) is 1.11. The second-order valence-corrected chi connectivity index (χ2v) is 3.43. The molecule has 1 fully saturated rings. The molecule has 0 saturated heterocycles. The molecule has 1 heterocycles. The van der Waals surface area contributed by atoms with E-state index in [1.54, 1.807) is 0 Å². The highest BCUT2D eigenvalue weighted by molar-refractivity contribution is 5.61. The van der Waals surface area contributed by atoms with Crippen molar-refractivity contribution in [3.8, 4) is 0 Å². The van der Waals surface area contributed by atoms with Crippen molar-refractivity contribution >= 4 is 6.21 Å². The Morgan fingerprint density at radius 2 is 2.00 bits per heavy atom. The summed E-state index contributed by atoms with van der Waals surface area (Å²) in [6, 6.07) is 0. The van der Waals surface area contributed by atoms with Gasteiger partial charge in [0.1, 0.15) is 0 Å². The molecule has 1 spiro atoms. The van der Waals surface area contributed by atoms with E-state index >= 15 is 0 Å². The molecule has 0 N–H and O–H groups in total. The number of hydrogen-bond donors (Lipinski definition) is 0. The predicted octanol–water partition coefficient (Wildman–Crippen LogP) is 2.02. The van der Waals surface area contributed by atoms with Crippen LogP contribution in [0.25, 0.3) is 0 Å². The van der Waals surface area contributed by atoms with Gasteiger partial charge in [-0.2, -0.15) is 0 Å². The molecule has 0 unspecified atom stereocenters. The van der Waals surface area contributed by atoms with E-state index in [2.05, 4.69) is 11.2 Å². The maximum absolute atomic E-state index is 4.29. The van der Waals surface area contributed by atoms with Gasteiger partial charge in [0, 0.05) is 6.54 Å². The van der Waals surface area contributed by atoms with Crippen molar-refractivity contribution < 1.29 is 0 Å². The first kappa shape index (κ1) is 5.45. The molecule has 1 aliphatic heterocycles.